The zero-order valence-corrected chi connectivity index (χ0v) is 13.2. The van der Waals surface area contributed by atoms with Gasteiger partial charge in [0.15, 0.2) is 0 Å². The van der Waals surface area contributed by atoms with Crippen LogP contribution in [-0.4, -0.2) is 35.6 Å². The lowest BCUT2D eigenvalue weighted by molar-refractivity contribution is 0.302. The summed E-state index contributed by atoms with van der Waals surface area (Å²) >= 11 is 0. The quantitative estimate of drug-likeness (QED) is 0.791. The summed E-state index contributed by atoms with van der Waals surface area (Å²) in [7, 11) is 1.84. The molecule has 21 heavy (non-hydrogen) atoms. The first-order chi connectivity index (χ1) is 10.2. The first-order valence-electron chi connectivity index (χ1n) is 7.68. The Hall–Kier alpha value is -1.65. The lowest BCUT2D eigenvalue weighted by Gasteiger charge is -2.18. The van der Waals surface area contributed by atoms with Crippen LogP contribution >= 0.6 is 0 Å². The van der Waals surface area contributed by atoms with Crippen molar-refractivity contribution in [3.05, 3.63) is 46.2 Å². The van der Waals surface area contributed by atoms with Gasteiger partial charge < -0.3 is 14.8 Å². The predicted octanol–water partition coefficient (Wildman–Crippen LogP) is 1.97. The maximum atomic E-state index is 12.3. The number of aryl methyl sites for hydroxylation is 1. The molecule has 0 saturated heterocycles. The Labute approximate surface area is 126 Å². The van der Waals surface area contributed by atoms with Gasteiger partial charge in [0.25, 0.3) is 5.56 Å². The third-order valence-electron chi connectivity index (χ3n) is 4.02. The van der Waals surface area contributed by atoms with Gasteiger partial charge in [-0.3, -0.25) is 4.79 Å². The van der Waals surface area contributed by atoms with E-state index in [0.717, 1.165) is 42.6 Å². The molecular weight excluding hydrogens is 262 g/mol. The first kappa shape index (κ1) is 15.7. The SMILES string of the molecule is CCN(CC)CCNCc1cc2ccccc2n(C)c1=O. The summed E-state index contributed by atoms with van der Waals surface area (Å²) in [6.07, 6.45) is 0. The second-order valence-corrected chi connectivity index (χ2v) is 5.30. The molecule has 0 fully saturated rings. The van der Waals surface area contributed by atoms with Crippen LogP contribution in [0.3, 0.4) is 0 Å². The second-order valence-electron chi connectivity index (χ2n) is 5.30. The number of para-hydroxylation sites is 1. The molecule has 0 aliphatic heterocycles. The van der Waals surface area contributed by atoms with Crippen LogP contribution in [-0.2, 0) is 13.6 Å². The van der Waals surface area contributed by atoms with Gasteiger partial charge in [-0.2, -0.15) is 0 Å². The van der Waals surface area contributed by atoms with Gasteiger partial charge >= 0.3 is 0 Å². The van der Waals surface area contributed by atoms with Crippen molar-refractivity contribution in [2.24, 2.45) is 7.05 Å². The Morgan fingerprint density at radius 3 is 2.62 bits per heavy atom. The molecule has 0 spiro atoms. The molecule has 4 nitrogen and oxygen atoms in total. The molecule has 0 radical (unpaired) electrons. The fourth-order valence-corrected chi connectivity index (χ4v) is 2.62. The van der Waals surface area contributed by atoms with Gasteiger partial charge in [0.2, 0.25) is 0 Å². The molecule has 4 heteroatoms. The predicted molar refractivity (Wildman–Crippen MR) is 88.7 cm³/mol. The fourth-order valence-electron chi connectivity index (χ4n) is 2.62. The fraction of sp³-hybridized carbons (Fsp3) is 0.471. The average Bonchev–Trinajstić information content (AvgIpc) is 2.52. The molecule has 1 N–H and O–H groups in total. The van der Waals surface area contributed by atoms with Crippen LogP contribution in [0, 0.1) is 0 Å². The third kappa shape index (κ3) is 3.71. The standard InChI is InChI=1S/C17H25N3O/c1-4-20(5-2)11-10-18-13-15-12-14-8-6-7-9-16(14)19(3)17(15)21/h6-9,12,18H,4-5,10-11,13H2,1-3H3. The first-order valence-corrected chi connectivity index (χ1v) is 7.68. The molecule has 0 aliphatic rings. The van der Waals surface area contributed by atoms with Crippen molar-refractivity contribution in [2.75, 3.05) is 26.2 Å². The topological polar surface area (TPSA) is 37.3 Å². The molecule has 1 heterocycles. The van der Waals surface area contributed by atoms with E-state index in [1.54, 1.807) is 4.57 Å². The van der Waals surface area contributed by atoms with Crippen LogP contribution in [0.1, 0.15) is 19.4 Å². The molecule has 0 amide bonds. The number of aromatic nitrogens is 1. The number of hydrogen-bond acceptors (Lipinski definition) is 3. The Kier molecular flexibility index (Phi) is 5.53. The molecule has 0 unspecified atom stereocenters. The van der Waals surface area contributed by atoms with Gasteiger partial charge in [-0.05, 0) is 30.6 Å². The highest BCUT2D eigenvalue weighted by molar-refractivity contribution is 5.79. The molecule has 0 bridgehead atoms. The number of likely N-dealkylation sites (N-methyl/N-ethyl adjacent to an activating group) is 1. The van der Waals surface area contributed by atoms with Crippen molar-refractivity contribution in [3.63, 3.8) is 0 Å². The monoisotopic (exact) mass is 287 g/mol. The maximum Gasteiger partial charge on any atom is 0.255 e. The van der Waals surface area contributed by atoms with Crippen LogP contribution in [0.2, 0.25) is 0 Å². The number of fused-ring (bicyclic) bond motifs is 1. The van der Waals surface area contributed by atoms with E-state index in [2.05, 4.69) is 24.1 Å². The number of nitrogens with one attached hydrogen (secondary N) is 1. The molecule has 1 aromatic heterocycles. The minimum Gasteiger partial charge on any atom is -0.311 e. The summed E-state index contributed by atoms with van der Waals surface area (Å²) in [4.78, 5) is 14.7. The molecule has 2 rings (SSSR count). The van der Waals surface area contributed by atoms with Gasteiger partial charge in [0.1, 0.15) is 0 Å². The summed E-state index contributed by atoms with van der Waals surface area (Å²) in [6, 6.07) is 10.00. The Balaban J connectivity index is 2.05. The van der Waals surface area contributed by atoms with Crippen LogP contribution in [0.25, 0.3) is 10.9 Å². The van der Waals surface area contributed by atoms with E-state index < -0.39 is 0 Å². The minimum atomic E-state index is 0.0871. The lowest BCUT2D eigenvalue weighted by atomic mass is 10.1. The molecule has 1 aromatic carbocycles. The minimum absolute atomic E-state index is 0.0871. The maximum absolute atomic E-state index is 12.3. The summed E-state index contributed by atoms with van der Waals surface area (Å²) in [6.45, 7) is 9.01. The number of pyridine rings is 1. The Morgan fingerprint density at radius 1 is 1.19 bits per heavy atom. The molecule has 114 valence electrons. The van der Waals surface area contributed by atoms with E-state index in [1.165, 1.54) is 0 Å². The zero-order chi connectivity index (χ0) is 15.2. The van der Waals surface area contributed by atoms with Crippen LogP contribution in [0.4, 0.5) is 0 Å². The van der Waals surface area contributed by atoms with E-state index in [9.17, 15) is 4.79 Å². The van der Waals surface area contributed by atoms with Gasteiger partial charge in [-0.15, -0.1) is 0 Å². The highest BCUT2D eigenvalue weighted by Crippen LogP contribution is 2.12. The molecule has 0 saturated carbocycles. The highest BCUT2D eigenvalue weighted by atomic mass is 16.1. The summed E-state index contributed by atoms with van der Waals surface area (Å²) in [5.41, 5.74) is 1.90. The Morgan fingerprint density at radius 2 is 1.90 bits per heavy atom. The van der Waals surface area contributed by atoms with Gasteiger partial charge in [-0.25, -0.2) is 0 Å². The van der Waals surface area contributed by atoms with Gasteiger partial charge in [0, 0.05) is 32.2 Å². The van der Waals surface area contributed by atoms with Crippen molar-refractivity contribution in [2.45, 2.75) is 20.4 Å². The Bertz CT molecular complexity index is 644. The second kappa shape index (κ2) is 7.38. The number of hydrogen-bond donors (Lipinski definition) is 1. The van der Waals surface area contributed by atoms with Gasteiger partial charge in [0.05, 0.1) is 5.52 Å². The molecule has 2 aromatic rings. The molecule has 0 aliphatic carbocycles. The van der Waals surface area contributed by atoms with Crippen molar-refractivity contribution < 1.29 is 0 Å². The summed E-state index contributed by atoms with van der Waals surface area (Å²) in [5.74, 6) is 0. The number of nitrogens with zero attached hydrogens (tertiary/aromatic N) is 2. The van der Waals surface area contributed by atoms with E-state index >= 15 is 0 Å². The molecule has 0 atom stereocenters. The largest absolute Gasteiger partial charge is 0.311 e. The van der Waals surface area contributed by atoms with Crippen LogP contribution < -0.4 is 10.9 Å². The summed E-state index contributed by atoms with van der Waals surface area (Å²) < 4.78 is 1.73. The van der Waals surface area contributed by atoms with Crippen molar-refractivity contribution in [3.8, 4) is 0 Å². The van der Waals surface area contributed by atoms with Gasteiger partial charge in [-0.1, -0.05) is 32.0 Å². The van der Waals surface area contributed by atoms with E-state index in [4.69, 9.17) is 0 Å². The molecular formula is C17H25N3O. The average molecular weight is 287 g/mol. The van der Waals surface area contributed by atoms with Crippen molar-refractivity contribution in [1.82, 2.24) is 14.8 Å². The normalized spacial score (nSPS) is 11.4. The van der Waals surface area contributed by atoms with Crippen molar-refractivity contribution >= 4 is 10.9 Å². The third-order valence-corrected chi connectivity index (χ3v) is 4.02. The van der Waals surface area contributed by atoms with E-state index in [1.807, 2.05) is 37.4 Å². The number of rotatable bonds is 7. The van der Waals surface area contributed by atoms with Crippen molar-refractivity contribution in [1.29, 1.82) is 0 Å². The lowest BCUT2D eigenvalue weighted by Crippen LogP contribution is -2.33. The number of benzene rings is 1. The van der Waals surface area contributed by atoms with E-state index in [-0.39, 0.29) is 5.56 Å². The zero-order valence-electron chi connectivity index (χ0n) is 13.2. The van der Waals surface area contributed by atoms with Crippen LogP contribution in [0.5, 0.6) is 0 Å². The van der Waals surface area contributed by atoms with Crippen LogP contribution in [0.15, 0.2) is 35.1 Å². The highest BCUT2D eigenvalue weighted by Gasteiger charge is 2.06. The summed E-state index contributed by atoms with van der Waals surface area (Å²) in [5, 5.41) is 4.49. The smallest absolute Gasteiger partial charge is 0.255 e. The van der Waals surface area contributed by atoms with E-state index in [0.29, 0.717) is 6.54 Å².